The molecule has 1 aromatic carbocycles. The van der Waals surface area contributed by atoms with Gasteiger partial charge in [-0.15, -0.1) is 6.58 Å². The molecule has 0 aromatic heterocycles. The third-order valence-electron chi connectivity index (χ3n) is 6.42. The molecule has 0 radical (unpaired) electrons. The highest BCUT2D eigenvalue weighted by Gasteiger charge is 2.30. The molecular formula is C22H32O. The molecule has 0 aliphatic heterocycles. The molecule has 2 fully saturated rings. The third-order valence-corrected chi connectivity index (χ3v) is 6.42. The molecule has 1 aromatic rings. The van der Waals surface area contributed by atoms with Crippen LogP contribution >= 0.6 is 0 Å². The summed E-state index contributed by atoms with van der Waals surface area (Å²) >= 11 is 0. The first-order chi connectivity index (χ1) is 11.3. The summed E-state index contributed by atoms with van der Waals surface area (Å²) in [5.74, 6) is 4.68. The van der Waals surface area contributed by atoms with Gasteiger partial charge in [-0.05, 0) is 99.2 Å². The Bertz CT molecular complexity index is 473. The summed E-state index contributed by atoms with van der Waals surface area (Å²) in [6.07, 6.45) is 14.8. The fourth-order valence-corrected chi connectivity index (χ4v) is 4.93. The molecule has 126 valence electrons. The van der Waals surface area contributed by atoms with Gasteiger partial charge in [-0.1, -0.05) is 18.2 Å². The smallest absolute Gasteiger partial charge is 0.118 e. The van der Waals surface area contributed by atoms with E-state index in [9.17, 15) is 0 Å². The third kappa shape index (κ3) is 4.19. The second-order valence-electron chi connectivity index (χ2n) is 7.69. The van der Waals surface area contributed by atoms with Crippen LogP contribution in [0.25, 0.3) is 0 Å². The van der Waals surface area contributed by atoms with E-state index in [1.165, 1.54) is 63.4 Å². The number of hydrogen-bond acceptors (Lipinski definition) is 1. The molecule has 0 saturated heterocycles. The lowest BCUT2D eigenvalue weighted by Crippen LogP contribution is -2.25. The van der Waals surface area contributed by atoms with Gasteiger partial charge in [0.05, 0.1) is 7.11 Å². The fraction of sp³-hybridized carbons (Fsp3) is 0.636. The molecule has 0 spiro atoms. The lowest BCUT2D eigenvalue weighted by molar-refractivity contribution is 0.160. The van der Waals surface area contributed by atoms with Crippen LogP contribution in [-0.4, -0.2) is 7.11 Å². The molecule has 1 heteroatoms. The summed E-state index contributed by atoms with van der Waals surface area (Å²) in [4.78, 5) is 0. The molecule has 1 nitrogen and oxygen atoms in total. The van der Waals surface area contributed by atoms with Crippen LogP contribution in [0.4, 0.5) is 0 Å². The van der Waals surface area contributed by atoms with Crippen molar-refractivity contribution in [3.05, 3.63) is 42.5 Å². The van der Waals surface area contributed by atoms with Crippen molar-refractivity contribution in [3.63, 3.8) is 0 Å². The van der Waals surface area contributed by atoms with Crippen LogP contribution < -0.4 is 4.74 Å². The minimum Gasteiger partial charge on any atom is -0.497 e. The van der Waals surface area contributed by atoms with Crippen molar-refractivity contribution in [2.45, 2.75) is 63.7 Å². The maximum absolute atomic E-state index is 5.27. The van der Waals surface area contributed by atoms with Gasteiger partial charge in [0, 0.05) is 0 Å². The summed E-state index contributed by atoms with van der Waals surface area (Å²) in [5, 5.41) is 0. The topological polar surface area (TPSA) is 9.23 Å². The second-order valence-corrected chi connectivity index (χ2v) is 7.69. The zero-order chi connectivity index (χ0) is 16.1. The molecule has 23 heavy (non-hydrogen) atoms. The van der Waals surface area contributed by atoms with Gasteiger partial charge in [-0.25, -0.2) is 0 Å². The minimum atomic E-state index is 0.772. The maximum Gasteiger partial charge on any atom is 0.118 e. The van der Waals surface area contributed by atoms with Crippen LogP contribution in [0.3, 0.4) is 0 Å². The predicted molar refractivity (Wildman–Crippen MR) is 98.0 cm³/mol. The monoisotopic (exact) mass is 312 g/mol. The predicted octanol–water partition coefficient (Wildman–Crippen LogP) is 6.35. The van der Waals surface area contributed by atoms with Gasteiger partial charge in [-0.3, -0.25) is 0 Å². The van der Waals surface area contributed by atoms with Crippen molar-refractivity contribution in [3.8, 4) is 5.75 Å². The van der Waals surface area contributed by atoms with Crippen molar-refractivity contribution >= 4 is 0 Å². The Morgan fingerprint density at radius 1 is 0.913 bits per heavy atom. The zero-order valence-corrected chi connectivity index (χ0v) is 14.7. The number of benzene rings is 1. The molecule has 0 unspecified atom stereocenters. The molecule has 0 amide bonds. The van der Waals surface area contributed by atoms with Gasteiger partial charge in [0.25, 0.3) is 0 Å². The number of allylic oxidation sites excluding steroid dienone is 1. The van der Waals surface area contributed by atoms with Gasteiger partial charge in [0.2, 0.25) is 0 Å². The van der Waals surface area contributed by atoms with Crippen LogP contribution in [0.15, 0.2) is 36.9 Å². The van der Waals surface area contributed by atoms with Gasteiger partial charge in [0.15, 0.2) is 0 Å². The van der Waals surface area contributed by atoms with Gasteiger partial charge < -0.3 is 4.74 Å². The Balaban J connectivity index is 1.47. The van der Waals surface area contributed by atoms with E-state index < -0.39 is 0 Å². The quantitative estimate of drug-likeness (QED) is 0.575. The molecule has 0 heterocycles. The fourth-order valence-electron chi connectivity index (χ4n) is 4.93. The van der Waals surface area contributed by atoms with Crippen LogP contribution in [0.5, 0.6) is 5.75 Å². The molecule has 2 aliphatic rings. The number of rotatable bonds is 5. The van der Waals surface area contributed by atoms with E-state index in [1.54, 1.807) is 7.11 Å². The van der Waals surface area contributed by atoms with Crippen molar-refractivity contribution in [2.24, 2.45) is 17.8 Å². The van der Waals surface area contributed by atoms with E-state index in [-0.39, 0.29) is 0 Å². The lowest BCUT2D eigenvalue weighted by Gasteiger charge is -2.38. The Kier molecular flexibility index (Phi) is 5.80. The first-order valence-electron chi connectivity index (χ1n) is 9.55. The molecule has 3 rings (SSSR count). The summed E-state index contributed by atoms with van der Waals surface area (Å²) in [6, 6.07) is 8.76. The minimum absolute atomic E-state index is 0.772. The first kappa shape index (κ1) is 16.6. The van der Waals surface area contributed by atoms with E-state index in [0.29, 0.717) is 0 Å². The SMILES string of the molecule is C=CCC1CCC(C2CCC(c3ccc(OC)cc3)CC2)CC1. The molecule has 0 atom stereocenters. The van der Waals surface area contributed by atoms with Crippen molar-refractivity contribution in [1.29, 1.82) is 0 Å². The first-order valence-corrected chi connectivity index (χ1v) is 9.55. The average Bonchev–Trinajstić information content (AvgIpc) is 2.63. The van der Waals surface area contributed by atoms with E-state index in [0.717, 1.165) is 29.4 Å². The highest BCUT2D eigenvalue weighted by Crippen LogP contribution is 2.44. The molecule has 2 aliphatic carbocycles. The highest BCUT2D eigenvalue weighted by atomic mass is 16.5. The Labute approximate surface area is 142 Å². The zero-order valence-electron chi connectivity index (χ0n) is 14.7. The van der Waals surface area contributed by atoms with Crippen molar-refractivity contribution in [1.82, 2.24) is 0 Å². The molecule has 0 N–H and O–H groups in total. The van der Waals surface area contributed by atoms with E-state index in [4.69, 9.17) is 4.74 Å². The second kappa shape index (κ2) is 8.04. The normalized spacial score (nSPS) is 31.5. The van der Waals surface area contributed by atoms with E-state index in [1.807, 2.05) is 0 Å². The van der Waals surface area contributed by atoms with Crippen molar-refractivity contribution < 1.29 is 4.74 Å². The van der Waals surface area contributed by atoms with Gasteiger partial charge in [-0.2, -0.15) is 0 Å². The Morgan fingerprint density at radius 2 is 1.48 bits per heavy atom. The average molecular weight is 312 g/mol. The van der Waals surface area contributed by atoms with Crippen LogP contribution in [0, 0.1) is 17.8 Å². The van der Waals surface area contributed by atoms with Crippen LogP contribution in [0.1, 0.15) is 69.3 Å². The standard InChI is InChI=1S/C22H32O/c1-3-4-17-5-7-18(8-6-17)19-9-11-20(12-10-19)21-13-15-22(23-2)16-14-21/h3,13-20H,1,4-12H2,2H3. The molecule has 2 saturated carbocycles. The summed E-state index contributed by atoms with van der Waals surface area (Å²) in [6.45, 7) is 3.90. The highest BCUT2D eigenvalue weighted by molar-refractivity contribution is 5.29. The molecular weight excluding hydrogens is 280 g/mol. The lowest BCUT2D eigenvalue weighted by atomic mass is 9.68. The van der Waals surface area contributed by atoms with Crippen molar-refractivity contribution in [2.75, 3.05) is 7.11 Å². The number of ether oxygens (including phenoxy) is 1. The van der Waals surface area contributed by atoms with Gasteiger partial charge >= 0.3 is 0 Å². The van der Waals surface area contributed by atoms with Crippen LogP contribution in [0.2, 0.25) is 0 Å². The number of methoxy groups -OCH3 is 1. The summed E-state index contributed by atoms with van der Waals surface area (Å²) < 4.78 is 5.27. The largest absolute Gasteiger partial charge is 0.497 e. The van der Waals surface area contributed by atoms with Gasteiger partial charge in [0.1, 0.15) is 5.75 Å². The Hall–Kier alpha value is -1.24. The van der Waals surface area contributed by atoms with E-state index in [2.05, 4.69) is 36.9 Å². The number of hydrogen-bond donors (Lipinski definition) is 0. The van der Waals surface area contributed by atoms with E-state index >= 15 is 0 Å². The van der Waals surface area contributed by atoms with Crippen LogP contribution in [-0.2, 0) is 0 Å². The summed E-state index contributed by atoms with van der Waals surface area (Å²) in [7, 11) is 1.74. The Morgan fingerprint density at radius 3 is 2.00 bits per heavy atom. The maximum atomic E-state index is 5.27. The summed E-state index contributed by atoms with van der Waals surface area (Å²) in [5.41, 5.74) is 1.51. The molecule has 0 bridgehead atoms.